The number of ether oxygens (including phenoxy) is 1. The highest BCUT2D eigenvalue weighted by molar-refractivity contribution is 7.86. The van der Waals surface area contributed by atoms with Crippen molar-refractivity contribution in [1.82, 2.24) is 0 Å². The van der Waals surface area contributed by atoms with Gasteiger partial charge >= 0.3 is 0 Å². The second-order valence-corrected chi connectivity index (χ2v) is 10.2. The van der Waals surface area contributed by atoms with Crippen LogP contribution in [0.25, 0.3) is 10.8 Å². The molecule has 196 valence electrons. The maximum absolute atomic E-state index is 13.2. The number of phenolic OH excluding ortho intramolecular Hbond substituents is 1. The summed E-state index contributed by atoms with van der Waals surface area (Å²) in [6.45, 7) is 1.67. The third-order valence-corrected chi connectivity index (χ3v) is 7.44. The topological polar surface area (TPSA) is 138 Å². The van der Waals surface area contributed by atoms with E-state index < -0.39 is 26.7 Å². The van der Waals surface area contributed by atoms with E-state index in [-0.39, 0.29) is 44.7 Å². The number of fused-ring (bicyclic) bond motifs is 1. The zero-order valence-corrected chi connectivity index (χ0v) is 22.4. The Bertz CT molecular complexity index is 1710. The van der Waals surface area contributed by atoms with Gasteiger partial charge < -0.3 is 15.2 Å². The number of halogens is 2. The highest BCUT2D eigenvalue weighted by atomic mass is 35.5. The third-order valence-electron chi connectivity index (χ3n) is 5.72. The van der Waals surface area contributed by atoms with Crippen LogP contribution in [-0.4, -0.2) is 31.1 Å². The van der Waals surface area contributed by atoms with Gasteiger partial charge in [0.2, 0.25) is 0 Å². The lowest BCUT2D eigenvalue weighted by atomic mass is 10.0. The van der Waals surface area contributed by atoms with E-state index in [9.17, 15) is 22.9 Å². The smallest absolute Gasteiger partial charge is 0.297 e. The summed E-state index contributed by atoms with van der Waals surface area (Å²) in [4.78, 5) is 12.7. The molecule has 0 aromatic heterocycles. The highest BCUT2D eigenvalue weighted by Crippen LogP contribution is 2.41. The van der Waals surface area contributed by atoms with E-state index in [1.165, 1.54) is 25.3 Å². The fourth-order valence-corrected chi connectivity index (χ4v) is 5.47. The summed E-state index contributed by atoms with van der Waals surface area (Å²) in [6.07, 6.45) is 0.202. The molecular formula is C26H21Cl2N3O6S. The molecule has 9 nitrogen and oxygen atoms in total. The zero-order chi connectivity index (χ0) is 27.6. The number of carbonyl (C=O) groups is 1. The molecule has 1 amide bonds. The van der Waals surface area contributed by atoms with E-state index in [0.717, 1.165) is 0 Å². The van der Waals surface area contributed by atoms with Crippen LogP contribution >= 0.6 is 23.2 Å². The number of amides is 1. The maximum atomic E-state index is 13.2. The average Bonchev–Trinajstić information content (AvgIpc) is 2.88. The van der Waals surface area contributed by atoms with Crippen LogP contribution in [0.15, 0.2) is 75.8 Å². The minimum absolute atomic E-state index is 0.0840. The number of hydrogen-bond acceptors (Lipinski definition) is 7. The largest absolute Gasteiger partial charge is 0.505 e. The van der Waals surface area contributed by atoms with Crippen molar-refractivity contribution < 1.29 is 27.6 Å². The van der Waals surface area contributed by atoms with Crippen LogP contribution in [-0.2, 0) is 16.5 Å². The quantitative estimate of drug-likeness (QED) is 0.156. The molecule has 0 aliphatic rings. The summed E-state index contributed by atoms with van der Waals surface area (Å²) >= 11 is 12.4. The van der Waals surface area contributed by atoms with Crippen molar-refractivity contribution in [2.75, 3.05) is 12.4 Å². The van der Waals surface area contributed by atoms with Crippen LogP contribution in [0.1, 0.15) is 22.8 Å². The molecule has 0 heterocycles. The molecule has 0 saturated carbocycles. The van der Waals surface area contributed by atoms with Crippen molar-refractivity contribution in [1.29, 1.82) is 0 Å². The molecule has 0 bridgehead atoms. The molecule has 12 heteroatoms. The van der Waals surface area contributed by atoms with Crippen LogP contribution in [0.5, 0.6) is 11.5 Å². The van der Waals surface area contributed by atoms with Gasteiger partial charge in [-0.25, -0.2) is 0 Å². The summed E-state index contributed by atoms with van der Waals surface area (Å²) in [5, 5.41) is 23.2. The van der Waals surface area contributed by atoms with Gasteiger partial charge in [0.15, 0.2) is 5.75 Å². The monoisotopic (exact) mass is 573 g/mol. The third kappa shape index (κ3) is 5.30. The van der Waals surface area contributed by atoms with Crippen LogP contribution in [0.2, 0.25) is 10.0 Å². The zero-order valence-electron chi connectivity index (χ0n) is 20.1. The van der Waals surface area contributed by atoms with Crippen molar-refractivity contribution in [3.8, 4) is 11.5 Å². The number of nitrogens with zero attached hydrogens (tertiary/aromatic N) is 2. The lowest BCUT2D eigenvalue weighted by Gasteiger charge is -2.13. The van der Waals surface area contributed by atoms with Gasteiger partial charge in [0.1, 0.15) is 27.0 Å². The van der Waals surface area contributed by atoms with E-state index in [1.807, 2.05) is 0 Å². The lowest BCUT2D eigenvalue weighted by molar-refractivity contribution is 0.102. The first-order chi connectivity index (χ1) is 18.1. The minimum atomic E-state index is -4.71. The number of aromatic hydroxyl groups is 1. The SMILES string of the molecule is CCc1c(Cl)ccc(N=Nc2c(O)c(C(=O)Nc3cccc(OC)c3Cl)cc3ccccc23)c1S(=O)(=O)O. The standard InChI is InChI=1S/C26H21Cl2N3O6S/c1-3-15-18(27)11-12-20(25(15)38(34,35)36)30-31-23-16-8-5-4-7-14(16)13-17(24(23)32)26(33)29-19-9-6-10-21(37-2)22(19)28/h4-13,32H,3H2,1-2H3,(H,29,33)(H,34,35,36). The molecule has 3 N–H and O–H groups in total. The van der Waals surface area contributed by atoms with Gasteiger partial charge in [-0.2, -0.15) is 8.42 Å². The minimum Gasteiger partial charge on any atom is -0.505 e. The van der Waals surface area contributed by atoms with Crippen LogP contribution < -0.4 is 10.1 Å². The Balaban J connectivity index is 1.85. The predicted molar refractivity (Wildman–Crippen MR) is 146 cm³/mol. The Hall–Kier alpha value is -3.70. The maximum Gasteiger partial charge on any atom is 0.297 e. The summed E-state index contributed by atoms with van der Waals surface area (Å²) in [5.74, 6) is -0.828. The van der Waals surface area contributed by atoms with Gasteiger partial charge in [-0.15, -0.1) is 10.2 Å². The molecule has 0 unspecified atom stereocenters. The van der Waals surface area contributed by atoms with Crippen LogP contribution in [0.4, 0.5) is 17.1 Å². The van der Waals surface area contributed by atoms with E-state index in [1.54, 1.807) is 49.4 Å². The molecule has 0 radical (unpaired) electrons. The summed E-state index contributed by atoms with van der Waals surface area (Å²) in [5.41, 5.74) is 0.0345. The molecule has 0 fully saturated rings. The van der Waals surface area contributed by atoms with Gasteiger partial charge in [0.05, 0.1) is 18.4 Å². The molecule has 0 spiro atoms. The number of benzene rings is 4. The molecule has 4 rings (SSSR count). The fourth-order valence-electron chi connectivity index (χ4n) is 3.94. The van der Waals surface area contributed by atoms with Crippen LogP contribution in [0.3, 0.4) is 0 Å². The van der Waals surface area contributed by atoms with Gasteiger partial charge in [-0.3, -0.25) is 9.35 Å². The second-order valence-electron chi connectivity index (χ2n) is 8.02. The van der Waals surface area contributed by atoms with E-state index in [2.05, 4.69) is 15.5 Å². The summed E-state index contributed by atoms with van der Waals surface area (Å²) in [6, 6.07) is 15.9. The van der Waals surface area contributed by atoms with Crippen LogP contribution in [0, 0.1) is 0 Å². The molecule has 0 aliphatic carbocycles. The van der Waals surface area contributed by atoms with Gasteiger partial charge in [-0.1, -0.05) is 60.5 Å². The van der Waals surface area contributed by atoms with Crippen molar-refractivity contribution in [2.24, 2.45) is 10.2 Å². The lowest BCUT2D eigenvalue weighted by Crippen LogP contribution is -2.12. The highest BCUT2D eigenvalue weighted by Gasteiger charge is 2.23. The Labute approximate surface area is 228 Å². The molecule has 0 saturated heterocycles. The fraction of sp³-hybridized carbons (Fsp3) is 0.115. The molecule has 4 aromatic rings. The number of azo groups is 1. The molecular weight excluding hydrogens is 553 g/mol. The first-order valence-corrected chi connectivity index (χ1v) is 13.4. The number of nitrogens with one attached hydrogen (secondary N) is 1. The number of methoxy groups -OCH3 is 1. The second kappa shape index (κ2) is 11.0. The van der Waals surface area contributed by atoms with Gasteiger partial charge in [0.25, 0.3) is 16.0 Å². The number of phenols is 1. The Morgan fingerprint density at radius 3 is 2.47 bits per heavy atom. The van der Waals surface area contributed by atoms with Crippen molar-refractivity contribution in [2.45, 2.75) is 18.2 Å². The molecule has 4 aromatic carbocycles. The Morgan fingerprint density at radius 2 is 1.79 bits per heavy atom. The van der Waals surface area contributed by atoms with E-state index in [0.29, 0.717) is 16.5 Å². The first kappa shape index (κ1) is 27.3. The average molecular weight is 574 g/mol. The number of rotatable bonds is 7. The predicted octanol–water partition coefficient (Wildman–Crippen LogP) is 7.34. The molecule has 38 heavy (non-hydrogen) atoms. The first-order valence-electron chi connectivity index (χ1n) is 11.2. The Morgan fingerprint density at radius 1 is 1.05 bits per heavy atom. The molecule has 0 atom stereocenters. The van der Waals surface area contributed by atoms with Crippen molar-refractivity contribution in [3.63, 3.8) is 0 Å². The van der Waals surface area contributed by atoms with Gasteiger partial charge in [0, 0.05) is 10.4 Å². The van der Waals surface area contributed by atoms with Gasteiger partial charge in [-0.05, 0) is 47.7 Å². The number of carbonyl (C=O) groups excluding carboxylic acids is 1. The normalized spacial score (nSPS) is 11.7. The Kier molecular flexibility index (Phi) is 7.89. The van der Waals surface area contributed by atoms with Crippen molar-refractivity contribution >= 4 is 67.1 Å². The van der Waals surface area contributed by atoms with Crippen molar-refractivity contribution in [3.05, 3.63) is 81.8 Å². The van der Waals surface area contributed by atoms with E-state index in [4.69, 9.17) is 27.9 Å². The summed E-state index contributed by atoms with van der Waals surface area (Å²) < 4.78 is 39.3. The number of hydrogen-bond donors (Lipinski definition) is 3. The van der Waals surface area contributed by atoms with E-state index >= 15 is 0 Å². The summed E-state index contributed by atoms with van der Waals surface area (Å²) in [7, 11) is -3.27. The number of anilines is 1. The molecule has 0 aliphatic heterocycles.